The Labute approximate surface area is 112 Å². The number of nitrogens with zero attached hydrogens (tertiary/aromatic N) is 2. The lowest BCUT2D eigenvalue weighted by Gasteiger charge is -2.09. The third kappa shape index (κ3) is 1.43. The van der Waals surface area contributed by atoms with E-state index < -0.39 is 0 Å². The van der Waals surface area contributed by atoms with Gasteiger partial charge in [0.2, 0.25) is 0 Å². The molecule has 0 spiro atoms. The molecule has 0 N–H and O–H groups in total. The van der Waals surface area contributed by atoms with Crippen LogP contribution in [-0.2, 0) is 0 Å². The Bertz CT molecular complexity index is 912. The van der Waals surface area contributed by atoms with Crippen molar-refractivity contribution in [3.8, 4) is 0 Å². The number of aryl methyl sites for hydroxylation is 1. The molecule has 4 aromatic rings. The summed E-state index contributed by atoms with van der Waals surface area (Å²) in [5.41, 5.74) is 2.00. The molecule has 0 saturated heterocycles. The molecule has 0 bridgehead atoms. The van der Waals surface area contributed by atoms with Crippen molar-refractivity contribution in [1.82, 2.24) is 9.97 Å². The molecule has 0 unspecified atom stereocenters. The van der Waals surface area contributed by atoms with E-state index in [1.54, 1.807) is 0 Å². The van der Waals surface area contributed by atoms with Crippen molar-refractivity contribution >= 4 is 32.4 Å². The molecule has 0 aliphatic heterocycles. The van der Waals surface area contributed by atoms with Crippen LogP contribution in [0.1, 0.15) is 6.93 Å². The molecule has 2 nitrogen and oxygen atoms in total. The summed E-state index contributed by atoms with van der Waals surface area (Å²) in [6, 6.07) is 12.3. The molecule has 0 amide bonds. The predicted molar refractivity (Wildman–Crippen MR) is 79.3 cm³/mol. The van der Waals surface area contributed by atoms with Crippen LogP contribution in [0.2, 0.25) is 0 Å². The number of aromatic nitrogens is 2. The van der Waals surface area contributed by atoms with E-state index in [0.29, 0.717) is 6.90 Å². The largest absolute Gasteiger partial charge is 0.264 e. The van der Waals surface area contributed by atoms with E-state index in [2.05, 4.69) is 28.2 Å². The summed E-state index contributed by atoms with van der Waals surface area (Å²) in [4.78, 5) is 8.76. The van der Waals surface area contributed by atoms with Crippen molar-refractivity contribution in [3.63, 3.8) is 0 Å². The molecule has 0 fully saturated rings. The summed E-state index contributed by atoms with van der Waals surface area (Å²) >= 11 is 0. The Hall–Kier alpha value is -2.48. The van der Waals surface area contributed by atoms with Gasteiger partial charge in [-0.25, -0.2) is 0 Å². The van der Waals surface area contributed by atoms with Crippen LogP contribution in [0.4, 0.5) is 0 Å². The number of benzene rings is 2. The van der Waals surface area contributed by atoms with Gasteiger partial charge in [0.15, 0.2) is 0 Å². The van der Waals surface area contributed by atoms with E-state index in [4.69, 9.17) is 1.37 Å². The second-order valence-corrected chi connectivity index (χ2v) is 4.70. The first-order chi connectivity index (χ1) is 9.88. The second-order valence-electron chi connectivity index (χ2n) is 4.70. The predicted octanol–water partition coefficient (Wildman–Crippen LogP) is 4.24. The molecule has 2 aromatic carbocycles. The standard InChI is InChI=1S/C17H12N2/c1-11-4-5-12-13-6-8-18-10-16(13)17-14(15(12)9-11)3-2-7-19-17/h2-10H,1H3/i1D. The van der Waals surface area contributed by atoms with E-state index in [9.17, 15) is 0 Å². The number of hydrogen-bond acceptors (Lipinski definition) is 2. The summed E-state index contributed by atoms with van der Waals surface area (Å²) in [5, 5.41) is 5.72. The van der Waals surface area contributed by atoms with Crippen LogP contribution in [0.25, 0.3) is 32.4 Å². The Kier molecular flexibility index (Phi) is 1.87. The molecule has 90 valence electrons. The highest BCUT2D eigenvalue weighted by Crippen LogP contribution is 2.33. The van der Waals surface area contributed by atoms with Gasteiger partial charge < -0.3 is 0 Å². The van der Waals surface area contributed by atoms with E-state index in [0.717, 1.165) is 32.6 Å². The summed E-state index contributed by atoms with van der Waals surface area (Å²) in [7, 11) is 0. The molecule has 0 aliphatic rings. The van der Waals surface area contributed by atoms with Crippen molar-refractivity contribution in [1.29, 1.82) is 0 Å². The molecule has 0 radical (unpaired) electrons. The van der Waals surface area contributed by atoms with Crippen molar-refractivity contribution in [3.05, 3.63) is 60.6 Å². The Morgan fingerprint density at radius 3 is 2.79 bits per heavy atom. The fraction of sp³-hybridized carbons (Fsp3) is 0.0588. The third-order valence-corrected chi connectivity index (χ3v) is 3.55. The van der Waals surface area contributed by atoms with E-state index >= 15 is 0 Å². The highest BCUT2D eigenvalue weighted by Gasteiger charge is 2.08. The molecule has 0 saturated carbocycles. The Morgan fingerprint density at radius 2 is 1.84 bits per heavy atom. The molecule has 4 rings (SSSR count). The third-order valence-electron chi connectivity index (χ3n) is 3.55. The van der Waals surface area contributed by atoms with Gasteiger partial charge in [-0.2, -0.15) is 0 Å². The molecular formula is C17H12N2. The van der Waals surface area contributed by atoms with Crippen LogP contribution >= 0.6 is 0 Å². The average molecular weight is 245 g/mol. The highest BCUT2D eigenvalue weighted by molar-refractivity contribution is 6.23. The Morgan fingerprint density at radius 1 is 0.895 bits per heavy atom. The summed E-state index contributed by atoms with van der Waals surface area (Å²) in [5.74, 6) is 0. The van der Waals surface area contributed by atoms with Gasteiger partial charge in [0.1, 0.15) is 0 Å². The van der Waals surface area contributed by atoms with Crippen molar-refractivity contribution < 1.29 is 1.37 Å². The zero-order valence-corrected chi connectivity index (χ0v) is 10.3. The van der Waals surface area contributed by atoms with Crippen molar-refractivity contribution in [2.24, 2.45) is 0 Å². The van der Waals surface area contributed by atoms with Gasteiger partial charge in [0.25, 0.3) is 0 Å². The zero-order valence-electron chi connectivity index (χ0n) is 11.3. The number of pyridine rings is 2. The minimum Gasteiger partial charge on any atom is -0.264 e. The van der Waals surface area contributed by atoms with Gasteiger partial charge in [-0.1, -0.05) is 29.8 Å². The maximum atomic E-state index is 7.56. The summed E-state index contributed by atoms with van der Waals surface area (Å²) in [6.07, 6.45) is 5.51. The van der Waals surface area contributed by atoms with Gasteiger partial charge in [-0.05, 0) is 35.2 Å². The SMILES string of the molecule is [2H]Cc1ccc2c(c1)c1cccnc1c1cnccc21. The molecule has 2 heteroatoms. The molecule has 2 aromatic heterocycles. The normalized spacial score (nSPS) is 12.1. The Balaban J connectivity index is 2.35. The van der Waals surface area contributed by atoms with E-state index in [1.165, 1.54) is 5.39 Å². The molecule has 19 heavy (non-hydrogen) atoms. The zero-order chi connectivity index (χ0) is 13.5. The van der Waals surface area contributed by atoms with Crippen LogP contribution in [0, 0.1) is 6.90 Å². The van der Waals surface area contributed by atoms with Crippen molar-refractivity contribution in [2.45, 2.75) is 6.90 Å². The topological polar surface area (TPSA) is 25.8 Å². The summed E-state index contributed by atoms with van der Waals surface area (Å²) < 4.78 is 7.56. The molecule has 0 atom stereocenters. The van der Waals surface area contributed by atoms with Gasteiger partial charge >= 0.3 is 0 Å². The fourth-order valence-corrected chi connectivity index (χ4v) is 2.70. The minimum absolute atomic E-state index is 0.298. The first kappa shape index (κ1) is 9.45. The first-order valence-electron chi connectivity index (χ1n) is 6.91. The lowest BCUT2D eigenvalue weighted by atomic mass is 9.97. The maximum absolute atomic E-state index is 7.56. The molecule has 2 heterocycles. The number of hydrogen-bond donors (Lipinski definition) is 0. The van der Waals surface area contributed by atoms with Gasteiger partial charge in [0.05, 0.1) is 5.52 Å². The number of rotatable bonds is 0. The quantitative estimate of drug-likeness (QED) is 0.433. The second kappa shape index (κ2) is 3.75. The maximum Gasteiger partial charge on any atom is 0.0802 e. The van der Waals surface area contributed by atoms with Crippen molar-refractivity contribution in [2.75, 3.05) is 0 Å². The lowest BCUT2D eigenvalue weighted by molar-refractivity contribution is 1.36. The van der Waals surface area contributed by atoms with E-state index in [-0.39, 0.29) is 0 Å². The van der Waals surface area contributed by atoms with Crippen LogP contribution in [-0.4, -0.2) is 9.97 Å². The fourth-order valence-electron chi connectivity index (χ4n) is 2.70. The monoisotopic (exact) mass is 245 g/mol. The molecule has 0 aliphatic carbocycles. The van der Waals surface area contributed by atoms with E-state index in [1.807, 2.05) is 36.8 Å². The van der Waals surface area contributed by atoms with Crippen LogP contribution in [0.3, 0.4) is 0 Å². The van der Waals surface area contributed by atoms with Crippen LogP contribution in [0.15, 0.2) is 55.0 Å². The minimum atomic E-state index is 0.298. The summed E-state index contributed by atoms with van der Waals surface area (Å²) in [6.45, 7) is 0.298. The van der Waals surface area contributed by atoms with Gasteiger partial charge in [0, 0.05) is 30.7 Å². The highest BCUT2D eigenvalue weighted by atomic mass is 14.7. The molecular weight excluding hydrogens is 232 g/mol. The van der Waals surface area contributed by atoms with Crippen LogP contribution in [0.5, 0.6) is 0 Å². The van der Waals surface area contributed by atoms with Gasteiger partial charge in [-0.15, -0.1) is 0 Å². The number of fused-ring (bicyclic) bond motifs is 6. The van der Waals surface area contributed by atoms with Gasteiger partial charge in [-0.3, -0.25) is 9.97 Å². The average Bonchev–Trinajstić information content (AvgIpc) is 2.54. The first-order valence-corrected chi connectivity index (χ1v) is 6.21. The smallest absolute Gasteiger partial charge is 0.0802 e. The van der Waals surface area contributed by atoms with Crippen LogP contribution < -0.4 is 0 Å². The lowest BCUT2D eigenvalue weighted by Crippen LogP contribution is -1.87.